The van der Waals surface area contributed by atoms with Crippen molar-refractivity contribution in [3.63, 3.8) is 0 Å². The molecule has 1 aliphatic rings. The molecule has 1 aromatic rings. The quantitative estimate of drug-likeness (QED) is 0.694. The predicted molar refractivity (Wildman–Crippen MR) is 97.1 cm³/mol. The van der Waals surface area contributed by atoms with Gasteiger partial charge in [0.15, 0.2) is 11.5 Å². The van der Waals surface area contributed by atoms with Gasteiger partial charge in [-0.15, -0.1) is 0 Å². The summed E-state index contributed by atoms with van der Waals surface area (Å²) >= 11 is 0. The van der Waals surface area contributed by atoms with Crippen LogP contribution in [0.3, 0.4) is 0 Å². The lowest BCUT2D eigenvalue weighted by Gasteiger charge is -2.30. The van der Waals surface area contributed by atoms with Gasteiger partial charge in [-0.1, -0.05) is 26.0 Å². The van der Waals surface area contributed by atoms with Crippen LogP contribution in [0.4, 0.5) is 4.79 Å². The van der Waals surface area contributed by atoms with Gasteiger partial charge in [0.25, 0.3) is 0 Å². The van der Waals surface area contributed by atoms with E-state index < -0.39 is 12.0 Å². The van der Waals surface area contributed by atoms with Crippen molar-refractivity contribution < 1.29 is 23.8 Å². The Bertz CT molecular complexity index is 699. The fourth-order valence-electron chi connectivity index (χ4n) is 2.86. The summed E-state index contributed by atoms with van der Waals surface area (Å²) in [5.41, 5.74) is 1.58. The molecule has 0 bridgehead atoms. The van der Waals surface area contributed by atoms with E-state index >= 15 is 0 Å². The Morgan fingerprint density at radius 2 is 2.00 bits per heavy atom. The van der Waals surface area contributed by atoms with Crippen LogP contribution in [-0.2, 0) is 9.53 Å². The summed E-state index contributed by atoms with van der Waals surface area (Å²) in [6.07, 6.45) is 1.31. The summed E-state index contributed by atoms with van der Waals surface area (Å²) < 4.78 is 16.5. The Hall–Kier alpha value is -2.70. The molecule has 7 heteroatoms. The molecule has 2 rings (SSSR count). The van der Waals surface area contributed by atoms with E-state index in [0.717, 1.165) is 6.42 Å². The summed E-state index contributed by atoms with van der Waals surface area (Å²) in [5, 5.41) is 5.51. The highest BCUT2D eigenvalue weighted by atomic mass is 16.5. The molecule has 0 aliphatic carbocycles. The highest BCUT2D eigenvalue weighted by molar-refractivity contribution is 5.95. The standard InChI is InChI=1S/C19H26N2O5/c1-5-11-26-17-12(9-8-10-14(17)24-4)16-15(18(22)25-7-3)13(6-2)20-19(23)21-16/h8-10,16H,5-7,11H2,1-4H3,(H2,20,21,23). The Morgan fingerprint density at radius 3 is 2.62 bits per heavy atom. The van der Waals surface area contributed by atoms with Gasteiger partial charge in [-0.2, -0.15) is 0 Å². The van der Waals surface area contributed by atoms with Crippen molar-refractivity contribution in [1.29, 1.82) is 0 Å². The van der Waals surface area contributed by atoms with Crippen molar-refractivity contribution >= 4 is 12.0 Å². The molecule has 0 saturated carbocycles. The van der Waals surface area contributed by atoms with Crippen molar-refractivity contribution in [2.45, 2.75) is 39.7 Å². The first kappa shape index (κ1) is 19.6. The Kier molecular flexibility index (Phi) is 6.89. The van der Waals surface area contributed by atoms with Gasteiger partial charge < -0.3 is 24.8 Å². The Balaban J connectivity index is 2.59. The summed E-state index contributed by atoms with van der Waals surface area (Å²) in [6.45, 7) is 6.36. The summed E-state index contributed by atoms with van der Waals surface area (Å²) in [4.78, 5) is 24.7. The molecule has 1 aromatic carbocycles. The minimum Gasteiger partial charge on any atom is -0.493 e. The van der Waals surface area contributed by atoms with Crippen LogP contribution in [0, 0.1) is 0 Å². The van der Waals surface area contributed by atoms with Gasteiger partial charge in [0.1, 0.15) is 0 Å². The van der Waals surface area contributed by atoms with E-state index in [1.807, 2.05) is 19.9 Å². The number of para-hydroxylation sites is 1. The smallest absolute Gasteiger partial charge is 0.338 e. The van der Waals surface area contributed by atoms with E-state index in [2.05, 4.69) is 10.6 Å². The van der Waals surface area contributed by atoms with Gasteiger partial charge in [0, 0.05) is 11.3 Å². The second kappa shape index (κ2) is 9.12. The van der Waals surface area contributed by atoms with E-state index in [9.17, 15) is 9.59 Å². The number of methoxy groups -OCH3 is 1. The summed E-state index contributed by atoms with van der Waals surface area (Å²) in [7, 11) is 1.55. The van der Waals surface area contributed by atoms with E-state index in [1.165, 1.54) is 0 Å². The molecule has 2 N–H and O–H groups in total. The van der Waals surface area contributed by atoms with E-state index in [1.54, 1.807) is 26.2 Å². The fourth-order valence-corrected chi connectivity index (χ4v) is 2.86. The first-order valence-corrected chi connectivity index (χ1v) is 8.84. The molecule has 142 valence electrons. The van der Waals surface area contributed by atoms with E-state index in [-0.39, 0.29) is 12.6 Å². The lowest BCUT2D eigenvalue weighted by atomic mass is 9.93. The number of amides is 2. The number of nitrogens with one attached hydrogen (secondary N) is 2. The van der Waals surface area contributed by atoms with Crippen LogP contribution in [0.1, 0.15) is 45.2 Å². The topological polar surface area (TPSA) is 85.9 Å². The number of carbonyl (C=O) groups is 2. The summed E-state index contributed by atoms with van der Waals surface area (Å²) in [6, 6.07) is 4.35. The normalized spacial score (nSPS) is 16.6. The Labute approximate surface area is 153 Å². The molecule has 0 spiro atoms. The summed E-state index contributed by atoms with van der Waals surface area (Å²) in [5.74, 6) is 0.595. The van der Waals surface area contributed by atoms with Crippen LogP contribution in [-0.4, -0.2) is 32.3 Å². The SMILES string of the molecule is CCCOc1c(OC)cccc1C1NC(=O)NC(CC)=C1C(=O)OCC. The fraction of sp³-hybridized carbons (Fsp3) is 0.474. The zero-order chi connectivity index (χ0) is 19.1. The highest BCUT2D eigenvalue weighted by Gasteiger charge is 2.35. The maximum atomic E-state index is 12.6. The van der Waals surface area contributed by atoms with Gasteiger partial charge >= 0.3 is 12.0 Å². The van der Waals surface area contributed by atoms with Crippen LogP contribution in [0.25, 0.3) is 0 Å². The molecular weight excluding hydrogens is 336 g/mol. The van der Waals surface area contributed by atoms with Gasteiger partial charge in [-0.3, -0.25) is 0 Å². The number of carbonyl (C=O) groups excluding carboxylic acids is 2. The number of rotatable bonds is 8. The second-order valence-electron chi connectivity index (χ2n) is 5.72. The molecule has 2 amide bonds. The van der Waals surface area contributed by atoms with Crippen molar-refractivity contribution in [2.75, 3.05) is 20.3 Å². The highest BCUT2D eigenvalue weighted by Crippen LogP contribution is 2.39. The Morgan fingerprint density at radius 1 is 1.23 bits per heavy atom. The molecule has 0 aromatic heterocycles. The zero-order valence-corrected chi connectivity index (χ0v) is 15.7. The van der Waals surface area contributed by atoms with Gasteiger partial charge in [-0.25, -0.2) is 9.59 Å². The van der Waals surface area contributed by atoms with Crippen LogP contribution in [0.2, 0.25) is 0 Å². The maximum Gasteiger partial charge on any atom is 0.338 e. The minimum absolute atomic E-state index is 0.247. The van der Waals surface area contributed by atoms with Crippen molar-refractivity contribution in [3.8, 4) is 11.5 Å². The average Bonchev–Trinajstić information content (AvgIpc) is 2.65. The molecule has 0 radical (unpaired) electrons. The number of allylic oxidation sites excluding steroid dienone is 1. The van der Waals surface area contributed by atoms with Crippen molar-refractivity contribution in [2.24, 2.45) is 0 Å². The van der Waals surface area contributed by atoms with Gasteiger partial charge in [0.2, 0.25) is 0 Å². The van der Waals surface area contributed by atoms with Crippen LogP contribution >= 0.6 is 0 Å². The van der Waals surface area contributed by atoms with Crippen LogP contribution in [0.15, 0.2) is 29.5 Å². The second-order valence-corrected chi connectivity index (χ2v) is 5.72. The maximum absolute atomic E-state index is 12.6. The van der Waals surface area contributed by atoms with Crippen LogP contribution < -0.4 is 20.1 Å². The number of hydrogen-bond acceptors (Lipinski definition) is 5. The largest absolute Gasteiger partial charge is 0.493 e. The molecule has 26 heavy (non-hydrogen) atoms. The number of esters is 1. The van der Waals surface area contributed by atoms with Crippen molar-refractivity contribution in [3.05, 3.63) is 35.0 Å². The molecule has 0 fully saturated rings. The third-order valence-corrected chi connectivity index (χ3v) is 3.99. The molecule has 1 atom stereocenters. The van der Waals surface area contributed by atoms with E-state index in [0.29, 0.717) is 41.4 Å². The van der Waals surface area contributed by atoms with Gasteiger partial charge in [-0.05, 0) is 25.8 Å². The molecule has 1 aliphatic heterocycles. The van der Waals surface area contributed by atoms with Gasteiger partial charge in [0.05, 0.1) is 31.9 Å². The van der Waals surface area contributed by atoms with E-state index in [4.69, 9.17) is 14.2 Å². The lowest BCUT2D eigenvalue weighted by Crippen LogP contribution is -2.46. The predicted octanol–water partition coefficient (Wildman–Crippen LogP) is 3.07. The van der Waals surface area contributed by atoms with Crippen LogP contribution in [0.5, 0.6) is 11.5 Å². The first-order chi connectivity index (χ1) is 12.6. The number of hydrogen-bond donors (Lipinski definition) is 2. The number of urea groups is 1. The molecule has 1 unspecified atom stereocenters. The zero-order valence-electron chi connectivity index (χ0n) is 15.7. The molecule has 7 nitrogen and oxygen atoms in total. The average molecular weight is 362 g/mol. The first-order valence-electron chi connectivity index (χ1n) is 8.84. The molecule has 1 heterocycles. The lowest BCUT2D eigenvalue weighted by molar-refractivity contribution is -0.139. The monoisotopic (exact) mass is 362 g/mol. The third kappa shape index (κ3) is 4.09. The molecule has 0 saturated heterocycles. The van der Waals surface area contributed by atoms with Crippen molar-refractivity contribution in [1.82, 2.24) is 10.6 Å². The minimum atomic E-state index is -0.681. The third-order valence-electron chi connectivity index (χ3n) is 3.99. The molecular formula is C19H26N2O5. The number of benzene rings is 1. The number of ether oxygens (including phenoxy) is 3.